The number of aliphatic imine (C=N–C) groups is 1. The summed E-state index contributed by atoms with van der Waals surface area (Å²) in [5, 5.41) is 2.43. The van der Waals surface area contributed by atoms with Gasteiger partial charge in [0.05, 0.1) is 37.9 Å². The molecule has 0 aliphatic carbocycles. The molecule has 0 saturated carbocycles. The van der Waals surface area contributed by atoms with Gasteiger partial charge >= 0.3 is 0 Å². The maximum atomic E-state index is 4.55. The van der Waals surface area contributed by atoms with E-state index in [4.69, 9.17) is 0 Å². The van der Waals surface area contributed by atoms with E-state index in [9.17, 15) is 0 Å². The molecule has 0 aromatic carbocycles. The largest absolute Gasteiger partial charge is 0.323 e. The second-order valence-corrected chi connectivity index (χ2v) is 3.58. The first-order valence-corrected chi connectivity index (χ1v) is 5.54. The molecule has 0 aromatic rings. The molecule has 0 amide bonds. The lowest BCUT2D eigenvalue weighted by Gasteiger charge is -2.36. The van der Waals surface area contributed by atoms with E-state index in [1.165, 1.54) is 26.1 Å². The highest BCUT2D eigenvalue weighted by Gasteiger charge is 2.20. The Morgan fingerprint density at radius 2 is 1.77 bits per heavy atom. The number of quaternary nitrogens is 1. The fourth-order valence-corrected chi connectivity index (χ4v) is 1.84. The van der Waals surface area contributed by atoms with Gasteiger partial charge in [-0.05, 0) is 32.5 Å². The highest BCUT2D eigenvalue weighted by Crippen LogP contribution is 2.07. The number of rotatable bonds is 7. The quantitative estimate of drug-likeness (QED) is 0.350. The number of nitrogens with zero attached hydrogens (tertiary/aromatic N) is 2. The average Bonchev–Trinajstić information content (AvgIpc) is 2.17. The van der Waals surface area contributed by atoms with Crippen LogP contribution in [-0.4, -0.2) is 42.4 Å². The van der Waals surface area contributed by atoms with Crippen molar-refractivity contribution in [3.8, 4) is 0 Å². The molecule has 0 atom stereocenters. The molecule has 0 rings (SSSR count). The zero-order chi connectivity index (χ0) is 10.2. The highest BCUT2D eigenvalue weighted by molar-refractivity contribution is 7.78. The number of thiocarbonyl (C=S) groups is 1. The smallest absolute Gasteiger partial charge is 0.0993 e. The van der Waals surface area contributed by atoms with Crippen molar-refractivity contribution >= 4 is 17.4 Å². The van der Waals surface area contributed by atoms with Crippen molar-refractivity contribution < 1.29 is 4.48 Å². The zero-order valence-corrected chi connectivity index (χ0v) is 9.86. The van der Waals surface area contributed by atoms with Crippen molar-refractivity contribution in [1.82, 2.24) is 0 Å². The summed E-state index contributed by atoms with van der Waals surface area (Å²) in [5.41, 5.74) is 0. The van der Waals surface area contributed by atoms with Gasteiger partial charge in [-0.3, -0.25) is 0 Å². The van der Waals surface area contributed by atoms with Gasteiger partial charge in [-0.25, -0.2) is 4.99 Å². The molecule has 0 N–H and O–H groups in total. The Hall–Kier alpha value is -0.240. The van der Waals surface area contributed by atoms with Gasteiger partial charge in [0.25, 0.3) is 0 Å². The van der Waals surface area contributed by atoms with E-state index < -0.39 is 0 Å². The van der Waals surface area contributed by atoms with E-state index >= 15 is 0 Å². The Balaban J connectivity index is 4.11. The molecule has 0 spiro atoms. The molecule has 0 aliphatic heterocycles. The summed E-state index contributed by atoms with van der Waals surface area (Å²) in [6.07, 6.45) is 1.24. The second kappa shape index (κ2) is 7.19. The third kappa shape index (κ3) is 4.51. The van der Waals surface area contributed by atoms with Crippen molar-refractivity contribution in [3.63, 3.8) is 0 Å². The van der Waals surface area contributed by atoms with Crippen LogP contribution in [0.3, 0.4) is 0 Å². The molecule has 0 bridgehead atoms. The van der Waals surface area contributed by atoms with Crippen LogP contribution in [0, 0.1) is 0 Å². The first kappa shape index (κ1) is 12.8. The van der Waals surface area contributed by atoms with Gasteiger partial charge in [-0.2, -0.15) is 0 Å². The predicted octanol–water partition coefficient (Wildman–Crippen LogP) is 2.36. The van der Waals surface area contributed by atoms with Crippen LogP contribution in [0.5, 0.6) is 0 Å². The summed E-state index contributed by atoms with van der Waals surface area (Å²) in [4.78, 5) is 3.98. The standard InChI is InChI=1S/C10H21N2S/c1-4-8-12(5-2,6-3)9-7-11-10-13/h4-9H2,1-3H3/q+1. The topological polar surface area (TPSA) is 12.4 Å². The van der Waals surface area contributed by atoms with E-state index in [1.807, 2.05) is 0 Å². The summed E-state index contributed by atoms with van der Waals surface area (Å²) in [6.45, 7) is 12.3. The van der Waals surface area contributed by atoms with E-state index in [0.29, 0.717) is 0 Å². The number of hydrogen-bond acceptors (Lipinski definition) is 2. The summed E-state index contributed by atoms with van der Waals surface area (Å²) < 4.78 is 1.16. The van der Waals surface area contributed by atoms with Gasteiger partial charge < -0.3 is 4.48 Å². The maximum Gasteiger partial charge on any atom is 0.0993 e. The van der Waals surface area contributed by atoms with Gasteiger partial charge in [0.1, 0.15) is 0 Å². The van der Waals surface area contributed by atoms with Crippen LogP contribution in [0.1, 0.15) is 27.2 Å². The van der Waals surface area contributed by atoms with Gasteiger partial charge in [-0.1, -0.05) is 6.92 Å². The van der Waals surface area contributed by atoms with Crippen LogP contribution in [-0.2, 0) is 0 Å². The molecule has 0 heterocycles. The minimum Gasteiger partial charge on any atom is -0.323 e. The molecule has 0 aliphatic rings. The van der Waals surface area contributed by atoms with E-state index in [1.54, 1.807) is 0 Å². The minimum atomic E-state index is 0.825. The number of hydrogen-bond donors (Lipinski definition) is 0. The lowest BCUT2D eigenvalue weighted by molar-refractivity contribution is -0.923. The summed E-state index contributed by atoms with van der Waals surface area (Å²) in [5.74, 6) is 0. The van der Waals surface area contributed by atoms with Crippen molar-refractivity contribution in [1.29, 1.82) is 0 Å². The number of likely N-dealkylation sites (N-methyl/N-ethyl adjacent to an activating group) is 1. The molecule has 2 nitrogen and oxygen atoms in total. The van der Waals surface area contributed by atoms with Crippen LogP contribution in [0.4, 0.5) is 0 Å². The predicted molar refractivity (Wildman–Crippen MR) is 61.3 cm³/mol. The molecular weight excluding hydrogens is 180 g/mol. The Labute approximate surface area is 87.2 Å². The SMILES string of the molecule is CCC[N+](CC)(CC)CCN=C=S. The molecule has 0 fully saturated rings. The molecule has 0 unspecified atom stereocenters. The molecule has 3 heteroatoms. The maximum absolute atomic E-state index is 4.55. The Bertz CT molecular complexity index is 170. The zero-order valence-electron chi connectivity index (χ0n) is 9.05. The lowest BCUT2D eigenvalue weighted by Crippen LogP contribution is -2.49. The fourth-order valence-electron chi connectivity index (χ4n) is 1.75. The van der Waals surface area contributed by atoms with Gasteiger partial charge in [0, 0.05) is 0 Å². The van der Waals surface area contributed by atoms with Gasteiger partial charge in [0.2, 0.25) is 0 Å². The van der Waals surface area contributed by atoms with E-state index in [0.717, 1.165) is 17.6 Å². The second-order valence-electron chi connectivity index (χ2n) is 3.39. The first-order valence-electron chi connectivity index (χ1n) is 5.13. The van der Waals surface area contributed by atoms with Crippen molar-refractivity contribution in [2.24, 2.45) is 4.99 Å². The molecular formula is C10H21N2S+. The summed E-state index contributed by atoms with van der Waals surface area (Å²) in [7, 11) is 0. The molecule has 0 radical (unpaired) electrons. The lowest BCUT2D eigenvalue weighted by atomic mass is 10.3. The Morgan fingerprint density at radius 1 is 1.15 bits per heavy atom. The molecule has 0 aromatic heterocycles. The number of isothiocyanates is 1. The van der Waals surface area contributed by atoms with Crippen LogP contribution in [0.2, 0.25) is 0 Å². The van der Waals surface area contributed by atoms with Crippen molar-refractivity contribution in [3.05, 3.63) is 0 Å². The Kier molecular flexibility index (Phi) is 7.06. The summed E-state index contributed by atoms with van der Waals surface area (Å²) in [6, 6.07) is 0. The van der Waals surface area contributed by atoms with E-state index in [2.05, 4.69) is 43.1 Å². The molecule has 0 saturated heterocycles. The minimum absolute atomic E-state index is 0.825. The monoisotopic (exact) mass is 201 g/mol. The first-order chi connectivity index (χ1) is 6.24. The van der Waals surface area contributed by atoms with E-state index in [-0.39, 0.29) is 0 Å². The van der Waals surface area contributed by atoms with Gasteiger partial charge in [0.15, 0.2) is 0 Å². The van der Waals surface area contributed by atoms with Crippen LogP contribution >= 0.6 is 12.2 Å². The fraction of sp³-hybridized carbons (Fsp3) is 0.900. The van der Waals surface area contributed by atoms with Crippen molar-refractivity contribution in [2.45, 2.75) is 27.2 Å². The third-order valence-electron chi connectivity index (χ3n) is 2.79. The van der Waals surface area contributed by atoms with Crippen molar-refractivity contribution in [2.75, 3.05) is 32.7 Å². The van der Waals surface area contributed by atoms with Crippen LogP contribution < -0.4 is 0 Å². The molecule has 13 heavy (non-hydrogen) atoms. The average molecular weight is 201 g/mol. The third-order valence-corrected chi connectivity index (χ3v) is 2.92. The summed E-state index contributed by atoms with van der Waals surface area (Å²) >= 11 is 4.55. The Morgan fingerprint density at radius 3 is 2.15 bits per heavy atom. The van der Waals surface area contributed by atoms with Gasteiger partial charge in [-0.15, -0.1) is 0 Å². The van der Waals surface area contributed by atoms with Crippen LogP contribution in [0.25, 0.3) is 0 Å². The normalized spacial score (nSPS) is 11.0. The molecule has 76 valence electrons. The van der Waals surface area contributed by atoms with Crippen LogP contribution in [0.15, 0.2) is 4.99 Å². The highest BCUT2D eigenvalue weighted by atomic mass is 32.1.